The Hall–Kier alpha value is -4.58. The van der Waals surface area contributed by atoms with Crippen molar-refractivity contribution in [2.45, 2.75) is 6.61 Å². The van der Waals surface area contributed by atoms with E-state index in [4.69, 9.17) is 4.74 Å². The van der Waals surface area contributed by atoms with Crippen LogP contribution in [0.25, 0.3) is 22.2 Å². The zero-order valence-corrected chi connectivity index (χ0v) is 20.6. The van der Waals surface area contributed by atoms with Crippen molar-refractivity contribution < 1.29 is 18.3 Å². The highest BCUT2D eigenvalue weighted by Gasteiger charge is 2.21. The Bertz CT molecular complexity index is 1480. The van der Waals surface area contributed by atoms with Crippen LogP contribution in [0, 0.1) is 0 Å². The standard InChI is InChI=1S/C26H26F2N8O2/c1-3-25(37)34-19-11-20(23(38-26(27)28)13-22(19)36-8-6-29-7-9-36)33-24-12-18(30-15-31-24)16-4-5-21-17(10-16)14-32-35(21)2/h3-5,10-15,26,29H,1,6-9H2,2H3,(H,34,37)(H,30,31,33). The number of nitrogens with one attached hydrogen (secondary N) is 3. The van der Waals surface area contributed by atoms with Crippen LogP contribution in [0.15, 0.2) is 61.6 Å². The summed E-state index contributed by atoms with van der Waals surface area (Å²) in [5, 5.41) is 14.3. The van der Waals surface area contributed by atoms with Crippen molar-refractivity contribution in [2.24, 2.45) is 7.05 Å². The number of nitrogens with zero attached hydrogens (tertiary/aromatic N) is 5. The average Bonchev–Trinajstić information content (AvgIpc) is 3.30. The summed E-state index contributed by atoms with van der Waals surface area (Å²) >= 11 is 0. The number of halogens is 2. The number of carbonyl (C=O) groups is 1. The lowest BCUT2D eigenvalue weighted by atomic mass is 10.1. The number of rotatable bonds is 8. The summed E-state index contributed by atoms with van der Waals surface area (Å²) < 4.78 is 33.5. The average molecular weight is 521 g/mol. The first-order chi connectivity index (χ1) is 18.4. The molecular formula is C26H26F2N8O2. The van der Waals surface area contributed by atoms with E-state index in [-0.39, 0.29) is 11.4 Å². The van der Waals surface area contributed by atoms with E-state index in [2.05, 4.69) is 37.6 Å². The van der Waals surface area contributed by atoms with E-state index in [9.17, 15) is 13.6 Å². The van der Waals surface area contributed by atoms with Crippen molar-refractivity contribution in [3.8, 4) is 17.0 Å². The maximum atomic E-state index is 13.4. The van der Waals surface area contributed by atoms with Gasteiger partial charge >= 0.3 is 6.61 Å². The molecule has 1 aliphatic heterocycles. The minimum absolute atomic E-state index is 0.0814. The van der Waals surface area contributed by atoms with Crippen molar-refractivity contribution in [1.82, 2.24) is 25.1 Å². The molecule has 0 saturated carbocycles. The lowest BCUT2D eigenvalue weighted by Crippen LogP contribution is -2.43. The predicted molar refractivity (Wildman–Crippen MR) is 142 cm³/mol. The summed E-state index contributed by atoms with van der Waals surface area (Å²) in [5.41, 5.74) is 3.65. The van der Waals surface area contributed by atoms with Gasteiger partial charge in [0.2, 0.25) is 5.91 Å². The highest BCUT2D eigenvalue weighted by Crippen LogP contribution is 2.39. The van der Waals surface area contributed by atoms with E-state index in [0.717, 1.165) is 22.5 Å². The van der Waals surface area contributed by atoms with Gasteiger partial charge in [0, 0.05) is 56.3 Å². The molecule has 1 aliphatic rings. The molecule has 1 amide bonds. The fourth-order valence-electron chi connectivity index (χ4n) is 4.36. The number of benzene rings is 2. The lowest BCUT2D eigenvalue weighted by Gasteiger charge is -2.32. The monoisotopic (exact) mass is 520 g/mol. The normalized spacial score (nSPS) is 13.5. The van der Waals surface area contributed by atoms with Crippen LogP contribution in [0.4, 0.5) is 31.7 Å². The van der Waals surface area contributed by atoms with Crippen LogP contribution in [0.1, 0.15) is 0 Å². The number of aryl methyl sites for hydroxylation is 1. The Morgan fingerprint density at radius 3 is 2.74 bits per heavy atom. The van der Waals surface area contributed by atoms with Gasteiger partial charge in [-0.3, -0.25) is 9.48 Å². The number of aromatic nitrogens is 4. The number of amides is 1. The molecule has 0 spiro atoms. The first kappa shape index (κ1) is 25.1. The quantitative estimate of drug-likeness (QED) is 0.300. The van der Waals surface area contributed by atoms with Crippen molar-refractivity contribution in [2.75, 3.05) is 41.7 Å². The number of piperazine rings is 1. The van der Waals surface area contributed by atoms with Gasteiger partial charge in [0.25, 0.3) is 0 Å². The fraction of sp³-hybridized carbons (Fsp3) is 0.231. The first-order valence-corrected chi connectivity index (χ1v) is 11.9. The van der Waals surface area contributed by atoms with Gasteiger partial charge in [0.1, 0.15) is 12.1 Å². The second-order valence-corrected chi connectivity index (χ2v) is 8.63. The molecule has 10 nitrogen and oxygen atoms in total. The Labute approximate surface area is 217 Å². The number of anilines is 4. The van der Waals surface area contributed by atoms with E-state index in [0.29, 0.717) is 49.1 Å². The topological polar surface area (TPSA) is 109 Å². The highest BCUT2D eigenvalue weighted by atomic mass is 19.3. The van der Waals surface area contributed by atoms with Gasteiger partial charge in [-0.1, -0.05) is 12.6 Å². The van der Waals surface area contributed by atoms with Crippen molar-refractivity contribution in [1.29, 1.82) is 0 Å². The predicted octanol–water partition coefficient (Wildman–Crippen LogP) is 3.91. The Kier molecular flexibility index (Phi) is 7.13. The molecule has 0 atom stereocenters. The zero-order valence-electron chi connectivity index (χ0n) is 20.6. The van der Waals surface area contributed by atoms with Gasteiger partial charge in [-0.2, -0.15) is 13.9 Å². The smallest absolute Gasteiger partial charge is 0.387 e. The van der Waals surface area contributed by atoms with Crippen LogP contribution < -0.4 is 25.6 Å². The number of hydrogen-bond acceptors (Lipinski definition) is 8. The van der Waals surface area contributed by atoms with E-state index < -0.39 is 12.5 Å². The summed E-state index contributed by atoms with van der Waals surface area (Å²) in [6.07, 6.45) is 4.30. The van der Waals surface area contributed by atoms with Gasteiger partial charge in [-0.05, 0) is 24.3 Å². The molecule has 3 heterocycles. The van der Waals surface area contributed by atoms with E-state index in [1.807, 2.05) is 30.1 Å². The summed E-state index contributed by atoms with van der Waals surface area (Å²) in [5.74, 6) is -0.150. The molecule has 0 aliphatic carbocycles. The SMILES string of the molecule is C=CC(=O)Nc1cc(Nc2cc(-c3ccc4c(cnn4C)c3)ncn2)c(OC(F)F)cc1N1CCNCC1. The maximum absolute atomic E-state index is 13.4. The molecule has 0 radical (unpaired) electrons. The molecular weight excluding hydrogens is 494 g/mol. The molecule has 0 unspecified atom stereocenters. The maximum Gasteiger partial charge on any atom is 0.387 e. The molecule has 1 saturated heterocycles. The summed E-state index contributed by atoms with van der Waals surface area (Å²) in [7, 11) is 1.87. The number of carbonyl (C=O) groups excluding carboxylic acids is 1. The third kappa shape index (κ3) is 5.39. The Morgan fingerprint density at radius 1 is 1.16 bits per heavy atom. The van der Waals surface area contributed by atoms with Gasteiger partial charge in [0.05, 0.1) is 34.5 Å². The van der Waals surface area contributed by atoms with Crippen LogP contribution in [0.3, 0.4) is 0 Å². The Balaban J connectivity index is 1.52. The largest absolute Gasteiger partial charge is 0.433 e. The lowest BCUT2D eigenvalue weighted by molar-refractivity contribution is -0.111. The molecule has 4 aromatic rings. The Morgan fingerprint density at radius 2 is 1.97 bits per heavy atom. The number of alkyl halides is 2. The van der Waals surface area contributed by atoms with Crippen LogP contribution in [-0.2, 0) is 11.8 Å². The van der Waals surface area contributed by atoms with E-state index in [1.165, 1.54) is 12.4 Å². The number of fused-ring (bicyclic) bond motifs is 1. The molecule has 2 aromatic carbocycles. The van der Waals surface area contributed by atoms with Crippen molar-refractivity contribution >= 4 is 39.7 Å². The molecule has 5 rings (SSSR count). The second kappa shape index (κ2) is 10.8. The third-order valence-corrected chi connectivity index (χ3v) is 6.19. The molecule has 1 fully saturated rings. The minimum atomic E-state index is -3.05. The summed E-state index contributed by atoms with van der Waals surface area (Å²) in [6.45, 7) is 3.16. The van der Waals surface area contributed by atoms with Gasteiger partial charge in [-0.25, -0.2) is 9.97 Å². The van der Waals surface area contributed by atoms with Crippen LogP contribution >= 0.6 is 0 Å². The van der Waals surface area contributed by atoms with Crippen LogP contribution in [0.2, 0.25) is 0 Å². The van der Waals surface area contributed by atoms with Crippen LogP contribution in [-0.4, -0.2) is 58.4 Å². The minimum Gasteiger partial charge on any atom is -0.433 e. The second-order valence-electron chi connectivity index (χ2n) is 8.63. The van der Waals surface area contributed by atoms with Crippen LogP contribution in [0.5, 0.6) is 5.75 Å². The summed E-state index contributed by atoms with van der Waals surface area (Å²) in [6, 6.07) is 10.6. The molecule has 196 valence electrons. The van der Waals surface area contributed by atoms with Gasteiger partial charge in [0.15, 0.2) is 5.75 Å². The highest BCUT2D eigenvalue weighted by molar-refractivity contribution is 6.02. The molecule has 2 aromatic heterocycles. The van der Waals surface area contributed by atoms with E-state index in [1.54, 1.807) is 23.0 Å². The molecule has 12 heteroatoms. The summed E-state index contributed by atoms with van der Waals surface area (Å²) in [4.78, 5) is 22.8. The third-order valence-electron chi connectivity index (χ3n) is 6.19. The number of hydrogen-bond donors (Lipinski definition) is 3. The zero-order chi connectivity index (χ0) is 26.6. The molecule has 3 N–H and O–H groups in total. The fourth-order valence-corrected chi connectivity index (χ4v) is 4.36. The molecule has 38 heavy (non-hydrogen) atoms. The first-order valence-electron chi connectivity index (χ1n) is 11.9. The van der Waals surface area contributed by atoms with E-state index >= 15 is 0 Å². The van der Waals surface area contributed by atoms with Crippen molar-refractivity contribution in [3.05, 3.63) is 61.6 Å². The molecule has 0 bridgehead atoms. The van der Waals surface area contributed by atoms with Gasteiger partial charge in [-0.15, -0.1) is 0 Å². The van der Waals surface area contributed by atoms with Crippen molar-refractivity contribution in [3.63, 3.8) is 0 Å². The number of ether oxygens (including phenoxy) is 1. The van der Waals surface area contributed by atoms with Gasteiger partial charge < -0.3 is 25.6 Å².